The average Bonchev–Trinajstić information content (AvgIpc) is 2.66. The van der Waals surface area contributed by atoms with E-state index in [-0.39, 0.29) is 16.6 Å². The number of hydrogen-bond acceptors (Lipinski definition) is 6. The summed E-state index contributed by atoms with van der Waals surface area (Å²) in [5.41, 5.74) is -1.16. The SMILES string of the molecule is O=C(CNC(=O)c1c(O)c2ccccc2[nH]c1=O)c1cccc([N+](=O)[O-])c1. The van der Waals surface area contributed by atoms with Crippen LogP contribution in [0.3, 0.4) is 0 Å². The summed E-state index contributed by atoms with van der Waals surface area (Å²) in [6, 6.07) is 11.5. The maximum Gasteiger partial charge on any atom is 0.270 e. The molecule has 0 saturated carbocycles. The van der Waals surface area contributed by atoms with Crippen molar-refractivity contribution < 1.29 is 19.6 Å². The van der Waals surface area contributed by atoms with Crippen molar-refractivity contribution in [3.8, 4) is 5.75 Å². The molecule has 3 N–H and O–H groups in total. The maximum absolute atomic E-state index is 12.3. The van der Waals surface area contributed by atoms with Gasteiger partial charge in [0.15, 0.2) is 5.78 Å². The fourth-order valence-corrected chi connectivity index (χ4v) is 2.58. The number of amides is 1. The summed E-state index contributed by atoms with van der Waals surface area (Å²) < 4.78 is 0. The zero-order valence-corrected chi connectivity index (χ0v) is 13.8. The molecule has 1 heterocycles. The highest BCUT2D eigenvalue weighted by Gasteiger charge is 2.20. The van der Waals surface area contributed by atoms with Gasteiger partial charge in [-0.1, -0.05) is 24.3 Å². The van der Waals surface area contributed by atoms with E-state index in [2.05, 4.69) is 10.3 Å². The number of carbonyl (C=O) groups excluding carboxylic acids is 2. The number of aromatic nitrogens is 1. The van der Waals surface area contributed by atoms with Crippen LogP contribution in [0.1, 0.15) is 20.7 Å². The van der Waals surface area contributed by atoms with Crippen molar-refractivity contribution in [3.05, 3.63) is 80.1 Å². The standard InChI is InChI=1S/C18H13N3O6/c22-14(10-4-3-5-11(8-10)21(26)27)9-19-17(24)15-16(23)12-6-1-2-7-13(12)20-18(15)25/h1-8H,9H2,(H,19,24)(H2,20,23,25). The molecule has 0 bridgehead atoms. The van der Waals surface area contributed by atoms with E-state index in [1.807, 2.05) is 0 Å². The molecule has 0 aliphatic heterocycles. The third kappa shape index (κ3) is 3.52. The van der Waals surface area contributed by atoms with Gasteiger partial charge in [-0.3, -0.25) is 24.5 Å². The predicted octanol–water partition coefficient (Wildman–Crippen LogP) is 1.75. The van der Waals surface area contributed by atoms with E-state index < -0.39 is 40.0 Å². The molecule has 1 amide bonds. The number of para-hydroxylation sites is 1. The molecular weight excluding hydrogens is 354 g/mol. The molecule has 3 aromatic rings. The quantitative estimate of drug-likeness (QED) is 0.356. The van der Waals surface area contributed by atoms with Gasteiger partial charge in [-0.15, -0.1) is 0 Å². The number of carbonyl (C=O) groups is 2. The van der Waals surface area contributed by atoms with Crippen molar-refractivity contribution in [1.82, 2.24) is 10.3 Å². The number of nitro benzene ring substituents is 1. The second kappa shape index (κ2) is 7.08. The van der Waals surface area contributed by atoms with E-state index in [0.29, 0.717) is 5.52 Å². The highest BCUT2D eigenvalue weighted by atomic mass is 16.6. The Morgan fingerprint density at radius 1 is 1.15 bits per heavy atom. The number of nitrogens with one attached hydrogen (secondary N) is 2. The van der Waals surface area contributed by atoms with Gasteiger partial charge in [0.2, 0.25) is 0 Å². The third-order valence-corrected chi connectivity index (χ3v) is 3.91. The van der Waals surface area contributed by atoms with Gasteiger partial charge in [0.25, 0.3) is 17.2 Å². The molecule has 3 rings (SSSR count). The van der Waals surface area contributed by atoms with E-state index in [4.69, 9.17) is 0 Å². The second-order valence-corrected chi connectivity index (χ2v) is 5.64. The lowest BCUT2D eigenvalue weighted by molar-refractivity contribution is -0.384. The minimum absolute atomic E-state index is 0.0427. The molecule has 9 heteroatoms. The van der Waals surface area contributed by atoms with Gasteiger partial charge >= 0.3 is 0 Å². The fraction of sp³-hybridized carbons (Fsp3) is 0.0556. The Bertz CT molecular complexity index is 1140. The first-order valence-corrected chi connectivity index (χ1v) is 7.78. The number of nitro groups is 1. The summed E-state index contributed by atoms with van der Waals surface area (Å²) in [5.74, 6) is -2.00. The first kappa shape index (κ1) is 17.8. The number of aromatic amines is 1. The lowest BCUT2D eigenvalue weighted by Gasteiger charge is -2.08. The summed E-state index contributed by atoms with van der Waals surface area (Å²) in [6.45, 7) is -0.494. The lowest BCUT2D eigenvalue weighted by Crippen LogP contribution is -2.33. The van der Waals surface area contributed by atoms with E-state index in [1.54, 1.807) is 18.2 Å². The molecule has 136 valence electrons. The third-order valence-electron chi connectivity index (χ3n) is 3.91. The molecule has 0 aliphatic carbocycles. The fourth-order valence-electron chi connectivity index (χ4n) is 2.58. The van der Waals surface area contributed by atoms with Crippen molar-refractivity contribution in [2.45, 2.75) is 0 Å². The van der Waals surface area contributed by atoms with Gasteiger partial charge in [0.05, 0.1) is 17.0 Å². The molecule has 27 heavy (non-hydrogen) atoms. The van der Waals surface area contributed by atoms with Crippen LogP contribution in [0.2, 0.25) is 0 Å². The highest BCUT2D eigenvalue weighted by Crippen LogP contribution is 2.24. The number of nitrogens with zero attached hydrogens (tertiary/aromatic N) is 1. The zero-order chi connectivity index (χ0) is 19.6. The minimum Gasteiger partial charge on any atom is -0.506 e. The van der Waals surface area contributed by atoms with Gasteiger partial charge < -0.3 is 15.4 Å². The number of rotatable bonds is 5. The Kier molecular flexibility index (Phi) is 4.67. The van der Waals surface area contributed by atoms with Crippen LogP contribution in [-0.4, -0.2) is 33.2 Å². The van der Waals surface area contributed by atoms with Crippen LogP contribution < -0.4 is 10.9 Å². The molecule has 0 unspecified atom stereocenters. The zero-order valence-electron chi connectivity index (χ0n) is 13.8. The van der Waals surface area contributed by atoms with Crippen LogP contribution in [0.15, 0.2) is 53.3 Å². The minimum atomic E-state index is -0.932. The molecule has 0 radical (unpaired) electrons. The van der Waals surface area contributed by atoms with Crippen molar-refractivity contribution in [1.29, 1.82) is 0 Å². The summed E-state index contributed by atoms with van der Waals surface area (Å²) in [6.07, 6.45) is 0. The van der Waals surface area contributed by atoms with E-state index in [9.17, 15) is 29.6 Å². The molecule has 2 aromatic carbocycles. The molecule has 0 spiro atoms. The van der Waals surface area contributed by atoms with Gasteiger partial charge in [0, 0.05) is 23.1 Å². The van der Waals surface area contributed by atoms with E-state index in [1.165, 1.54) is 24.3 Å². The predicted molar refractivity (Wildman–Crippen MR) is 96.0 cm³/mol. The van der Waals surface area contributed by atoms with E-state index in [0.717, 1.165) is 6.07 Å². The van der Waals surface area contributed by atoms with Crippen LogP contribution >= 0.6 is 0 Å². The number of benzene rings is 2. The van der Waals surface area contributed by atoms with Crippen molar-refractivity contribution in [2.24, 2.45) is 0 Å². The monoisotopic (exact) mass is 367 g/mol. The van der Waals surface area contributed by atoms with Gasteiger partial charge in [-0.25, -0.2) is 0 Å². The summed E-state index contributed by atoms with van der Waals surface area (Å²) in [7, 11) is 0. The molecule has 0 fully saturated rings. The number of ketones is 1. The van der Waals surface area contributed by atoms with Crippen LogP contribution in [0, 0.1) is 10.1 Å². The summed E-state index contributed by atoms with van der Waals surface area (Å²) in [5, 5.41) is 23.5. The number of fused-ring (bicyclic) bond motifs is 1. The first-order chi connectivity index (χ1) is 12.9. The van der Waals surface area contributed by atoms with Crippen molar-refractivity contribution >= 4 is 28.3 Å². The number of hydrogen-bond donors (Lipinski definition) is 3. The Hall–Kier alpha value is -4.01. The van der Waals surface area contributed by atoms with Crippen molar-refractivity contribution in [3.63, 3.8) is 0 Å². The molecule has 0 aliphatic rings. The van der Waals surface area contributed by atoms with Crippen molar-refractivity contribution in [2.75, 3.05) is 6.54 Å². The molecule has 1 aromatic heterocycles. The molecule has 0 atom stereocenters. The molecular formula is C18H13N3O6. The Morgan fingerprint density at radius 3 is 2.63 bits per heavy atom. The topological polar surface area (TPSA) is 142 Å². The summed E-state index contributed by atoms with van der Waals surface area (Å²) >= 11 is 0. The van der Waals surface area contributed by atoms with Gasteiger partial charge in [0.1, 0.15) is 11.3 Å². The highest BCUT2D eigenvalue weighted by molar-refractivity contribution is 6.05. The average molecular weight is 367 g/mol. The first-order valence-electron chi connectivity index (χ1n) is 7.78. The van der Waals surface area contributed by atoms with Crippen LogP contribution in [0.4, 0.5) is 5.69 Å². The number of pyridine rings is 1. The number of Topliss-reactive ketones (excluding diaryl/α,β-unsaturated/α-hetero) is 1. The second-order valence-electron chi connectivity index (χ2n) is 5.64. The number of aromatic hydroxyl groups is 1. The smallest absolute Gasteiger partial charge is 0.270 e. The van der Waals surface area contributed by atoms with Gasteiger partial charge in [-0.2, -0.15) is 0 Å². The Balaban J connectivity index is 1.81. The molecule has 0 saturated heterocycles. The lowest BCUT2D eigenvalue weighted by atomic mass is 10.1. The summed E-state index contributed by atoms with van der Waals surface area (Å²) in [4.78, 5) is 49.1. The molecule has 9 nitrogen and oxygen atoms in total. The normalized spacial score (nSPS) is 10.5. The largest absolute Gasteiger partial charge is 0.506 e. The Labute approximate surface area is 151 Å². The maximum atomic E-state index is 12.3. The van der Waals surface area contributed by atoms with E-state index >= 15 is 0 Å². The van der Waals surface area contributed by atoms with Crippen LogP contribution in [0.25, 0.3) is 10.9 Å². The number of non-ortho nitro benzene ring substituents is 1. The number of H-pyrrole nitrogens is 1. The Morgan fingerprint density at radius 2 is 1.89 bits per heavy atom. The van der Waals surface area contributed by atoms with Crippen LogP contribution in [-0.2, 0) is 0 Å². The van der Waals surface area contributed by atoms with Gasteiger partial charge in [-0.05, 0) is 12.1 Å². The van der Waals surface area contributed by atoms with Crippen LogP contribution in [0.5, 0.6) is 5.75 Å².